The molecule has 2 aromatic rings. The Hall–Kier alpha value is -2.12. The second-order valence-corrected chi connectivity index (χ2v) is 7.27. The van der Waals surface area contributed by atoms with Gasteiger partial charge in [0.2, 0.25) is 0 Å². The smallest absolute Gasteiger partial charge is 0.309 e. The van der Waals surface area contributed by atoms with Crippen molar-refractivity contribution >= 4 is 23.2 Å². The van der Waals surface area contributed by atoms with E-state index in [0.717, 1.165) is 13.1 Å². The van der Waals surface area contributed by atoms with Crippen LogP contribution in [0.3, 0.4) is 0 Å². The van der Waals surface area contributed by atoms with E-state index in [1.54, 1.807) is 23.5 Å². The molecule has 6 nitrogen and oxygen atoms in total. The quantitative estimate of drug-likeness (QED) is 0.762. The third kappa shape index (κ3) is 5.19. The summed E-state index contributed by atoms with van der Waals surface area (Å²) in [5.74, 6) is -0.625. The Balaban J connectivity index is 1.54. The number of nitrogens with zero attached hydrogens (tertiary/aromatic N) is 1. The molecule has 2 aromatic heterocycles. The number of likely N-dealkylation sites (tertiary alicyclic amines) is 1. The van der Waals surface area contributed by atoms with Crippen LogP contribution in [0.1, 0.15) is 43.0 Å². The minimum absolute atomic E-state index is 0.112. The Morgan fingerprint density at radius 2 is 1.88 bits per heavy atom. The molecule has 0 spiro atoms. The third-order valence-corrected chi connectivity index (χ3v) is 5.38. The predicted octanol–water partition coefficient (Wildman–Crippen LogP) is 2.69. The first kappa shape index (κ1) is 18.7. The maximum Gasteiger partial charge on any atom is 0.309 e. The highest BCUT2D eigenvalue weighted by molar-refractivity contribution is 7.07. The molecule has 1 unspecified atom stereocenters. The molecule has 0 bridgehead atoms. The lowest BCUT2D eigenvalue weighted by Gasteiger charge is -2.30. The lowest BCUT2D eigenvalue weighted by atomic mass is 10.1. The Morgan fingerprint density at radius 3 is 2.54 bits per heavy atom. The summed E-state index contributed by atoms with van der Waals surface area (Å²) in [7, 11) is 0. The van der Waals surface area contributed by atoms with Crippen molar-refractivity contribution in [1.29, 1.82) is 0 Å². The van der Waals surface area contributed by atoms with Gasteiger partial charge in [-0.1, -0.05) is 12.8 Å². The highest BCUT2D eigenvalue weighted by atomic mass is 32.1. The largest absolute Gasteiger partial charge is 0.467 e. The molecule has 3 rings (SSSR count). The van der Waals surface area contributed by atoms with Gasteiger partial charge >= 0.3 is 11.8 Å². The number of thiophene rings is 1. The molecule has 1 fully saturated rings. The normalized spacial score (nSPS) is 16.6. The van der Waals surface area contributed by atoms with Crippen molar-refractivity contribution in [2.75, 3.05) is 19.6 Å². The Kier molecular flexibility index (Phi) is 6.85. The van der Waals surface area contributed by atoms with Crippen LogP contribution in [0.25, 0.3) is 0 Å². The standard InChI is InChI=1S/C19H25N3O3S/c23-18(20-12-16-6-5-10-25-16)19(24)21-13-17(15-7-11-26-14-15)22-8-3-1-2-4-9-22/h5-7,10-11,14,17H,1-4,8-9,12-13H2,(H,20,23)(H,21,24). The topological polar surface area (TPSA) is 74.6 Å². The van der Waals surface area contributed by atoms with Gasteiger partial charge in [-0.05, 0) is 60.5 Å². The third-order valence-electron chi connectivity index (χ3n) is 4.67. The van der Waals surface area contributed by atoms with Crippen LogP contribution in [0.15, 0.2) is 39.6 Å². The zero-order valence-corrected chi connectivity index (χ0v) is 15.6. The fraction of sp³-hybridized carbons (Fsp3) is 0.474. The van der Waals surface area contributed by atoms with Gasteiger partial charge in [-0.3, -0.25) is 14.5 Å². The monoisotopic (exact) mass is 375 g/mol. The van der Waals surface area contributed by atoms with Crippen LogP contribution in [0.5, 0.6) is 0 Å². The summed E-state index contributed by atoms with van der Waals surface area (Å²) in [6.45, 7) is 2.70. The van der Waals surface area contributed by atoms with Crippen molar-refractivity contribution in [1.82, 2.24) is 15.5 Å². The number of amides is 2. The van der Waals surface area contributed by atoms with Gasteiger partial charge in [0.05, 0.1) is 18.8 Å². The Bertz CT molecular complexity index is 677. The first-order chi connectivity index (χ1) is 12.7. The van der Waals surface area contributed by atoms with E-state index in [-0.39, 0.29) is 12.6 Å². The maximum absolute atomic E-state index is 12.2. The van der Waals surface area contributed by atoms with Crippen LogP contribution < -0.4 is 10.6 Å². The van der Waals surface area contributed by atoms with Gasteiger partial charge in [-0.15, -0.1) is 0 Å². The van der Waals surface area contributed by atoms with E-state index in [1.807, 2.05) is 0 Å². The van der Waals surface area contributed by atoms with Crippen molar-refractivity contribution < 1.29 is 14.0 Å². The number of carbonyl (C=O) groups excluding carboxylic acids is 2. The second-order valence-electron chi connectivity index (χ2n) is 6.49. The minimum atomic E-state index is -0.638. The van der Waals surface area contributed by atoms with Crippen molar-refractivity contribution in [3.8, 4) is 0 Å². The lowest BCUT2D eigenvalue weighted by molar-refractivity contribution is -0.139. The number of hydrogen-bond acceptors (Lipinski definition) is 5. The zero-order valence-electron chi connectivity index (χ0n) is 14.8. The molecule has 1 saturated heterocycles. The van der Waals surface area contributed by atoms with Gasteiger partial charge in [0.1, 0.15) is 5.76 Å². The summed E-state index contributed by atoms with van der Waals surface area (Å²) in [4.78, 5) is 26.6. The number of hydrogen-bond donors (Lipinski definition) is 2. The molecular weight excluding hydrogens is 350 g/mol. The fourth-order valence-electron chi connectivity index (χ4n) is 3.26. The Morgan fingerprint density at radius 1 is 1.12 bits per heavy atom. The molecule has 26 heavy (non-hydrogen) atoms. The number of rotatable bonds is 6. The summed E-state index contributed by atoms with van der Waals surface area (Å²) in [6, 6.07) is 5.71. The van der Waals surface area contributed by atoms with Crippen LogP contribution in [0, 0.1) is 0 Å². The molecule has 0 radical (unpaired) electrons. The summed E-state index contributed by atoms with van der Waals surface area (Å²) in [5, 5.41) is 9.55. The Labute approximate surface area is 157 Å². The van der Waals surface area contributed by atoms with Crippen LogP contribution in [0.4, 0.5) is 0 Å². The van der Waals surface area contributed by atoms with E-state index < -0.39 is 11.8 Å². The summed E-state index contributed by atoms with van der Waals surface area (Å²) in [6.07, 6.45) is 6.41. The molecule has 0 aromatic carbocycles. The molecular formula is C19H25N3O3S. The van der Waals surface area contributed by atoms with E-state index in [1.165, 1.54) is 37.5 Å². The molecule has 3 heterocycles. The van der Waals surface area contributed by atoms with E-state index in [0.29, 0.717) is 12.3 Å². The molecule has 0 saturated carbocycles. The average molecular weight is 375 g/mol. The SMILES string of the molecule is O=C(NCc1ccco1)C(=O)NCC(c1ccsc1)N1CCCCCC1. The van der Waals surface area contributed by atoms with E-state index in [9.17, 15) is 9.59 Å². The van der Waals surface area contributed by atoms with E-state index >= 15 is 0 Å². The van der Waals surface area contributed by atoms with Gasteiger partial charge < -0.3 is 15.1 Å². The average Bonchev–Trinajstić information content (AvgIpc) is 3.30. The number of nitrogens with one attached hydrogen (secondary N) is 2. The minimum Gasteiger partial charge on any atom is -0.467 e. The van der Waals surface area contributed by atoms with E-state index in [2.05, 4.69) is 32.4 Å². The molecule has 1 atom stereocenters. The molecule has 2 amide bonds. The first-order valence-electron chi connectivity index (χ1n) is 9.08. The molecule has 0 aliphatic carbocycles. The zero-order chi connectivity index (χ0) is 18.2. The summed E-state index contributed by atoms with van der Waals surface area (Å²) < 4.78 is 5.15. The van der Waals surface area contributed by atoms with Crippen molar-refractivity contribution in [3.63, 3.8) is 0 Å². The highest BCUT2D eigenvalue weighted by Crippen LogP contribution is 2.25. The van der Waals surface area contributed by atoms with Crippen molar-refractivity contribution in [2.45, 2.75) is 38.3 Å². The van der Waals surface area contributed by atoms with Crippen molar-refractivity contribution in [3.05, 3.63) is 46.5 Å². The molecule has 7 heteroatoms. The molecule has 2 N–H and O–H groups in total. The highest BCUT2D eigenvalue weighted by Gasteiger charge is 2.23. The lowest BCUT2D eigenvalue weighted by Crippen LogP contribution is -2.44. The molecule has 1 aliphatic rings. The van der Waals surface area contributed by atoms with Gasteiger partial charge in [-0.25, -0.2) is 0 Å². The summed E-state index contributed by atoms with van der Waals surface area (Å²) in [5.41, 5.74) is 1.20. The fourth-order valence-corrected chi connectivity index (χ4v) is 3.97. The van der Waals surface area contributed by atoms with Gasteiger partial charge in [0, 0.05) is 6.54 Å². The van der Waals surface area contributed by atoms with Gasteiger partial charge in [-0.2, -0.15) is 11.3 Å². The first-order valence-corrected chi connectivity index (χ1v) is 10.0. The van der Waals surface area contributed by atoms with Crippen LogP contribution in [-0.2, 0) is 16.1 Å². The summed E-state index contributed by atoms with van der Waals surface area (Å²) >= 11 is 1.66. The van der Waals surface area contributed by atoms with Crippen LogP contribution >= 0.6 is 11.3 Å². The molecule has 140 valence electrons. The van der Waals surface area contributed by atoms with Crippen molar-refractivity contribution in [2.24, 2.45) is 0 Å². The van der Waals surface area contributed by atoms with Gasteiger partial charge in [0.15, 0.2) is 0 Å². The molecule has 1 aliphatic heterocycles. The second kappa shape index (κ2) is 9.54. The predicted molar refractivity (Wildman–Crippen MR) is 101 cm³/mol. The van der Waals surface area contributed by atoms with Crippen LogP contribution in [0.2, 0.25) is 0 Å². The number of furan rings is 1. The van der Waals surface area contributed by atoms with Crippen LogP contribution in [-0.4, -0.2) is 36.3 Å². The maximum atomic E-state index is 12.2. The van der Waals surface area contributed by atoms with Gasteiger partial charge in [0.25, 0.3) is 0 Å². The number of carbonyl (C=O) groups is 2. The van der Waals surface area contributed by atoms with E-state index in [4.69, 9.17) is 4.42 Å².